The third-order valence-electron chi connectivity index (χ3n) is 2.00. The fourth-order valence-electron chi connectivity index (χ4n) is 1.30. The highest BCUT2D eigenvalue weighted by Gasteiger charge is 2.07. The molecule has 15 heavy (non-hydrogen) atoms. The molecule has 0 amide bonds. The van der Waals surface area contributed by atoms with Crippen molar-refractivity contribution in [1.29, 1.82) is 0 Å². The molecule has 1 aromatic carbocycles. The molecule has 0 aliphatic rings. The van der Waals surface area contributed by atoms with Crippen molar-refractivity contribution in [3.05, 3.63) is 44.6 Å². The number of benzene rings is 1. The van der Waals surface area contributed by atoms with Crippen molar-refractivity contribution in [3.8, 4) is 5.69 Å². The largest absolute Gasteiger partial charge is 0.347 e. The first-order valence-corrected chi connectivity index (χ1v) is 4.94. The number of rotatable bonds is 1. The number of H-pyrrole nitrogens is 1. The first kappa shape index (κ1) is 10.3. The van der Waals surface area contributed by atoms with E-state index in [9.17, 15) is 4.79 Å². The maximum absolute atomic E-state index is 11.4. The van der Waals surface area contributed by atoms with Crippen LogP contribution in [0.15, 0.2) is 23.0 Å². The van der Waals surface area contributed by atoms with E-state index in [0.29, 0.717) is 21.6 Å². The molecule has 0 unspecified atom stereocenters. The number of halogens is 2. The number of hydrogen-bond acceptors (Lipinski definition) is 2. The third kappa shape index (κ3) is 1.78. The van der Waals surface area contributed by atoms with Crippen LogP contribution in [0.25, 0.3) is 5.69 Å². The van der Waals surface area contributed by atoms with Crippen molar-refractivity contribution in [2.75, 3.05) is 0 Å². The number of aromatic nitrogens is 3. The summed E-state index contributed by atoms with van der Waals surface area (Å²) in [6.07, 6.45) is 0. The van der Waals surface area contributed by atoms with E-state index < -0.39 is 0 Å². The van der Waals surface area contributed by atoms with Gasteiger partial charge in [0.15, 0.2) is 0 Å². The zero-order valence-corrected chi connectivity index (χ0v) is 9.30. The van der Waals surface area contributed by atoms with Gasteiger partial charge in [-0.1, -0.05) is 23.2 Å². The highest BCUT2D eigenvalue weighted by atomic mass is 35.5. The minimum absolute atomic E-state index is 0.300. The zero-order chi connectivity index (χ0) is 11.0. The van der Waals surface area contributed by atoms with Gasteiger partial charge in [-0.3, -0.25) is 0 Å². The summed E-state index contributed by atoms with van der Waals surface area (Å²) in [4.78, 5) is 11.4. The number of aromatic amines is 1. The Labute approximate surface area is 95.4 Å². The van der Waals surface area contributed by atoms with Crippen LogP contribution < -0.4 is 5.69 Å². The summed E-state index contributed by atoms with van der Waals surface area (Å²) >= 11 is 11.6. The lowest BCUT2D eigenvalue weighted by Gasteiger charge is -2.03. The molecule has 2 aromatic rings. The van der Waals surface area contributed by atoms with Gasteiger partial charge in [-0.05, 0) is 25.1 Å². The highest BCUT2D eigenvalue weighted by molar-refractivity contribution is 6.42. The number of nitrogens with zero attached hydrogens (tertiary/aromatic N) is 2. The van der Waals surface area contributed by atoms with Gasteiger partial charge < -0.3 is 0 Å². The van der Waals surface area contributed by atoms with Crippen LogP contribution in [-0.4, -0.2) is 14.8 Å². The van der Waals surface area contributed by atoms with Gasteiger partial charge in [0, 0.05) is 0 Å². The molecule has 0 bridgehead atoms. The minimum atomic E-state index is -0.300. The molecular weight excluding hydrogens is 237 g/mol. The monoisotopic (exact) mass is 243 g/mol. The van der Waals surface area contributed by atoms with Crippen molar-refractivity contribution in [2.24, 2.45) is 0 Å². The SMILES string of the molecule is Cc1n[nH]c(=O)n1-c1ccc(Cl)c(Cl)c1. The number of nitrogens with one attached hydrogen (secondary N) is 1. The standard InChI is InChI=1S/C9H7Cl2N3O/c1-5-12-13-9(15)14(5)6-2-3-7(10)8(11)4-6/h2-4H,1H3,(H,13,15). The second kappa shape index (κ2) is 3.72. The molecule has 4 nitrogen and oxygen atoms in total. The third-order valence-corrected chi connectivity index (χ3v) is 2.74. The molecule has 0 aliphatic heterocycles. The van der Waals surface area contributed by atoms with E-state index in [4.69, 9.17) is 23.2 Å². The van der Waals surface area contributed by atoms with Crippen molar-refractivity contribution >= 4 is 23.2 Å². The van der Waals surface area contributed by atoms with E-state index in [1.54, 1.807) is 25.1 Å². The molecule has 1 heterocycles. The van der Waals surface area contributed by atoms with Crippen LogP contribution in [0, 0.1) is 6.92 Å². The summed E-state index contributed by atoms with van der Waals surface area (Å²) in [5, 5.41) is 7.00. The molecule has 1 aromatic heterocycles. The summed E-state index contributed by atoms with van der Waals surface area (Å²) < 4.78 is 1.42. The lowest BCUT2D eigenvalue weighted by molar-refractivity contribution is 0.944. The van der Waals surface area contributed by atoms with Gasteiger partial charge in [-0.15, -0.1) is 0 Å². The normalized spacial score (nSPS) is 10.6. The van der Waals surface area contributed by atoms with Crippen LogP contribution >= 0.6 is 23.2 Å². The Morgan fingerprint density at radius 3 is 2.60 bits per heavy atom. The van der Waals surface area contributed by atoms with Crippen LogP contribution in [0.2, 0.25) is 10.0 Å². The van der Waals surface area contributed by atoms with Crippen molar-refractivity contribution in [1.82, 2.24) is 14.8 Å². The second-order valence-corrected chi connectivity index (χ2v) is 3.82. The molecule has 2 rings (SSSR count). The maximum Gasteiger partial charge on any atom is 0.347 e. The Morgan fingerprint density at radius 1 is 1.33 bits per heavy atom. The molecule has 0 fully saturated rings. The quantitative estimate of drug-likeness (QED) is 0.835. The van der Waals surface area contributed by atoms with Crippen LogP contribution in [0.1, 0.15) is 5.82 Å². The average molecular weight is 244 g/mol. The lowest BCUT2D eigenvalue weighted by Crippen LogP contribution is -2.15. The Kier molecular flexibility index (Phi) is 2.54. The molecule has 0 saturated heterocycles. The fourth-order valence-corrected chi connectivity index (χ4v) is 1.60. The summed E-state index contributed by atoms with van der Waals surface area (Å²) in [6.45, 7) is 1.72. The molecule has 0 atom stereocenters. The summed E-state index contributed by atoms with van der Waals surface area (Å²) in [6, 6.07) is 4.96. The van der Waals surface area contributed by atoms with Gasteiger partial charge in [-0.2, -0.15) is 5.10 Å². The Hall–Kier alpha value is -1.26. The minimum Gasteiger partial charge on any atom is -0.247 e. The Morgan fingerprint density at radius 2 is 2.07 bits per heavy atom. The average Bonchev–Trinajstić information content (AvgIpc) is 2.52. The topological polar surface area (TPSA) is 50.7 Å². The van der Waals surface area contributed by atoms with E-state index >= 15 is 0 Å². The summed E-state index contributed by atoms with van der Waals surface area (Å²) in [5.74, 6) is 0.568. The summed E-state index contributed by atoms with van der Waals surface area (Å²) in [7, 11) is 0. The van der Waals surface area contributed by atoms with Gasteiger partial charge in [0.25, 0.3) is 0 Å². The van der Waals surface area contributed by atoms with Crippen molar-refractivity contribution in [3.63, 3.8) is 0 Å². The van der Waals surface area contributed by atoms with E-state index in [2.05, 4.69) is 10.2 Å². The molecule has 0 spiro atoms. The first-order valence-electron chi connectivity index (χ1n) is 4.19. The van der Waals surface area contributed by atoms with Crippen LogP contribution in [0.3, 0.4) is 0 Å². The van der Waals surface area contributed by atoms with Gasteiger partial charge >= 0.3 is 5.69 Å². The molecule has 78 valence electrons. The first-order chi connectivity index (χ1) is 7.09. The van der Waals surface area contributed by atoms with Crippen LogP contribution in [0.4, 0.5) is 0 Å². The van der Waals surface area contributed by atoms with Crippen molar-refractivity contribution < 1.29 is 0 Å². The Bertz CT molecular complexity index is 559. The smallest absolute Gasteiger partial charge is 0.247 e. The molecular formula is C9H7Cl2N3O. The zero-order valence-electron chi connectivity index (χ0n) is 7.79. The van der Waals surface area contributed by atoms with E-state index in [0.717, 1.165) is 0 Å². The van der Waals surface area contributed by atoms with E-state index in [1.807, 2.05) is 0 Å². The maximum atomic E-state index is 11.4. The van der Waals surface area contributed by atoms with Crippen LogP contribution in [0.5, 0.6) is 0 Å². The van der Waals surface area contributed by atoms with E-state index in [-0.39, 0.29) is 5.69 Å². The molecule has 0 aliphatic carbocycles. The predicted octanol–water partition coefficient (Wildman–Crippen LogP) is 2.18. The fraction of sp³-hybridized carbons (Fsp3) is 0.111. The number of aryl methyl sites for hydroxylation is 1. The van der Waals surface area contributed by atoms with Gasteiger partial charge in [0.2, 0.25) is 0 Å². The lowest BCUT2D eigenvalue weighted by atomic mass is 10.3. The van der Waals surface area contributed by atoms with Crippen LogP contribution in [-0.2, 0) is 0 Å². The number of hydrogen-bond donors (Lipinski definition) is 1. The molecule has 0 radical (unpaired) electrons. The molecule has 1 N–H and O–H groups in total. The summed E-state index contributed by atoms with van der Waals surface area (Å²) in [5.41, 5.74) is 0.339. The molecule has 6 heteroatoms. The van der Waals surface area contributed by atoms with Gasteiger partial charge in [0.05, 0.1) is 15.7 Å². The van der Waals surface area contributed by atoms with Gasteiger partial charge in [-0.25, -0.2) is 14.5 Å². The predicted molar refractivity (Wildman–Crippen MR) is 58.9 cm³/mol. The van der Waals surface area contributed by atoms with E-state index in [1.165, 1.54) is 4.57 Å². The molecule has 0 saturated carbocycles. The second-order valence-electron chi connectivity index (χ2n) is 3.01. The Balaban J connectivity index is 2.65. The highest BCUT2D eigenvalue weighted by Crippen LogP contribution is 2.23. The van der Waals surface area contributed by atoms with Gasteiger partial charge in [0.1, 0.15) is 5.82 Å². The van der Waals surface area contributed by atoms with Crippen molar-refractivity contribution in [2.45, 2.75) is 6.92 Å².